The number of hydrogen-bond donors (Lipinski definition) is 1. The molecule has 0 aliphatic heterocycles. The maximum absolute atomic E-state index is 10.5. The lowest BCUT2D eigenvalue weighted by Crippen LogP contribution is -2.16. The summed E-state index contributed by atoms with van der Waals surface area (Å²) < 4.78 is 1.78. The molecule has 0 aromatic carbocycles. The Kier molecular flexibility index (Phi) is 4.37. The van der Waals surface area contributed by atoms with Crippen LogP contribution in [0.1, 0.15) is 11.3 Å². The molecule has 0 atom stereocenters. The highest BCUT2D eigenvalue weighted by Gasteiger charge is 2.08. The summed E-state index contributed by atoms with van der Waals surface area (Å²) in [6.45, 7) is 2.32. The molecule has 0 amide bonds. The number of nitrogens with zero attached hydrogens (tertiary/aromatic N) is 4. The highest BCUT2D eigenvalue weighted by atomic mass is 32.1. The number of rotatable bonds is 7. The summed E-state index contributed by atoms with van der Waals surface area (Å²) in [5, 5.41) is 21.5. The molecule has 18 heavy (non-hydrogen) atoms. The molecular weight excluding hydrogens is 254 g/mol. The van der Waals surface area contributed by atoms with E-state index in [-0.39, 0.29) is 9.92 Å². The van der Waals surface area contributed by atoms with Crippen LogP contribution in [0.2, 0.25) is 0 Å². The van der Waals surface area contributed by atoms with E-state index in [0.717, 1.165) is 24.4 Å². The smallest absolute Gasteiger partial charge is 0.312 e. The maximum Gasteiger partial charge on any atom is 0.324 e. The molecule has 0 unspecified atom stereocenters. The Morgan fingerprint density at radius 3 is 3.06 bits per heavy atom. The number of nitro groups is 1. The molecule has 0 saturated heterocycles. The Hall–Kier alpha value is -1.80. The van der Waals surface area contributed by atoms with Gasteiger partial charge in [-0.15, -0.1) is 5.10 Å². The van der Waals surface area contributed by atoms with E-state index >= 15 is 0 Å². The first-order valence-corrected chi connectivity index (χ1v) is 6.35. The lowest BCUT2D eigenvalue weighted by molar-refractivity contribution is -0.380. The lowest BCUT2D eigenvalue weighted by atomic mass is 10.4. The van der Waals surface area contributed by atoms with E-state index in [2.05, 4.69) is 15.6 Å². The number of aryl methyl sites for hydroxylation is 1. The van der Waals surface area contributed by atoms with Gasteiger partial charge in [-0.05, 0) is 19.0 Å². The van der Waals surface area contributed by atoms with Gasteiger partial charge in [-0.25, -0.2) is 0 Å². The summed E-state index contributed by atoms with van der Waals surface area (Å²) in [4.78, 5) is 11.1. The number of aromatic nitrogens is 3. The van der Waals surface area contributed by atoms with Crippen molar-refractivity contribution >= 4 is 16.3 Å². The molecule has 0 aliphatic carbocycles. The van der Waals surface area contributed by atoms with E-state index in [0.29, 0.717) is 6.54 Å². The van der Waals surface area contributed by atoms with Gasteiger partial charge >= 0.3 is 5.00 Å². The van der Waals surface area contributed by atoms with Gasteiger partial charge in [-0.3, -0.25) is 14.8 Å². The van der Waals surface area contributed by atoms with Crippen LogP contribution < -0.4 is 5.32 Å². The summed E-state index contributed by atoms with van der Waals surface area (Å²) in [6.07, 6.45) is 4.41. The average Bonchev–Trinajstić information content (AvgIpc) is 2.98. The van der Waals surface area contributed by atoms with Crippen molar-refractivity contribution in [3.8, 4) is 0 Å². The van der Waals surface area contributed by atoms with E-state index in [1.54, 1.807) is 16.9 Å². The van der Waals surface area contributed by atoms with Crippen LogP contribution in [0, 0.1) is 10.1 Å². The van der Waals surface area contributed by atoms with Gasteiger partial charge in [0.05, 0.1) is 11.1 Å². The van der Waals surface area contributed by atoms with Gasteiger partial charge in [0.15, 0.2) is 0 Å². The van der Waals surface area contributed by atoms with E-state index < -0.39 is 0 Å². The van der Waals surface area contributed by atoms with Gasteiger partial charge in [0.2, 0.25) is 0 Å². The quantitative estimate of drug-likeness (QED) is 0.466. The van der Waals surface area contributed by atoms with Gasteiger partial charge in [-0.2, -0.15) is 0 Å². The fourth-order valence-corrected chi connectivity index (χ4v) is 2.28. The zero-order valence-electron chi connectivity index (χ0n) is 9.65. The van der Waals surface area contributed by atoms with Gasteiger partial charge in [0, 0.05) is 30.2 Å². The van der Waals surface area contributed by atoms with Crippen molar-refractivity contribution in [1.82, 2.24) is 20.3 Å². The molecule has 8 heteroatoms. The molecule has 1 N–H and O–H groups in total. The van der Waals surface area contributed by atoms with Crippen molar-refractivity contribution < 1.29 is 4.92 Å². The van der Waals surface area contributed by atoms with Crippen molar-refractivity contribution in [3.63, 3.8) is 0 Å². The molecule has 2 aromatic rings. The predicted molar refractivity (Wildman–Crippen MR) is 67.3 cm³/mol. The monoisotopic (exact) mass is 267 g/mol. The van der Waals surface area contributed by atoms with Crippen LogP contribution in [0.25, 0.3) is 0 Å². The van der Waals surface area contributed by atoms with Gasteiger partial charge in [0.1, 0.15) is 0 Å². The SMILES string of the molecule is O=[N+]([O-])c1ccc(CNCCCn2ccnn2)s1. The predicted octanol–water partition coefficient (Wildman–Crippen LogP) is 1.43. The highest BCUT2D eigenvalue weighted by molar-refractivity contribution is 7.15. The average molecular weight is 267 g/mol. The first-order valence-electron chi connectivity index (χ1n) is 5.53. The summed E-state index contributed by atoms with van der Waals surface area (Å²) >= 11 is 1.21. The van der Waals surface area contributed by atoms with E-state index in [9.17, 15) is 10.1 Å². The molecular formula is C10H13N5O2S. The van der Waals surface area contributed by atoms with Gasteiger partial charge < -0.3 is 5.32 Å². The van der Waals surface area contributed by atoms with Crippen molar-refractivity contribution in [2.24, 2.45) is 0 Å². The molecule has 2 aromatic heterocycles. The molecule has 7 nitrogen and oxygen atoms in total. The zero-order chi connectivity index (χ0) is 12.8. The van der Waals surface area contributed by atoms with Crippen LogP contribution in [0.15, 0.2) is 24.5 Å². The second-order valence-electron chi connectivity index (χ2n) is 3.69. The summed E-state index contributed by atoms with van der Waals surface area (Å²) in [6, 6.07) is 3.32. The summed E-state index contributed by atoms with van der Waals surface area (Å²) in [5.41, 5.74) is 0. The Morgan fingerprint density at radius 1 is 1.50 bits per heavy atom. The van der Waals surface area contributed by atoms with Crippen molar-refractivity contribution in [3.05, 3.63) is 39.5 Å². The molecule has 0 saturated carbocycles. The highest BCUT2D eigenvalue weighted by Crippen LogP contribution is 2.23. The first-order chi connectivity index (χ1) is 8.75. The van der Waals surface area contributed by atoms with Crippen LogP contribution in [-0.2, 0) is 13.1 Å². The third-order valence-corrected chi connectivity index (χ3v) is 3.38. The lowest BCUT2D eigenvalue weighted by Gasteiger charge is -2.02. The van der Waals surface area contributed by atoms with Crippen LogP contribution in [0.3, 0.4) is 0 Å². The molecule has 2 heterocycles. The Labute approximate surface area is 108 Å². The third-order valence-electron chi connectivity index (χ3n) is 2.34. The minimum absolute atomic E-state index is 0.189. The van der Waals surface area contributed by atoms with Crippen molar-refractivity contribution in [2.75, 3.05) is 6.54 Å². The fourth-order valence-electron chi connectivity index (χ4n) is 1.49. The molecule has 0 spiro atoms. The van der Waals surface area contributed by atoms with E-state index in [1.165, 1.54) is 17.4 Å². The topological polar surface area (TPSA) is 85.9 Å². The first kappa shape index (κ1) is 12.7. The summed E-state index contributed by atoms with van der Waals surface area (Å²) in [5.74, 6) is 0. The fraction of sp³-hybridized carbons (Fsp3) is 0.400. The van der Waals surface area contributed by atoms with Crippen LogP contribution in [0.5, 0.6) is 0 Å². The third kappa shape index (κ3) is 3.60. The molecule has 96 valence electrons. The Morgan fingerprint density at radius 2 is 2.39 bits per heavy atom. The number of nitrogens with one attached hydrogen (secondary N) is 1. The van der Waals surface area contributed by atoms with Gasteiger partial charge in [0.25, 0.3) is 0 Å². The molecule has 0 radical (unpaired) electrons. The number of hydrogen-bond acceptors (Lipinski definition) is 6. The standard InChI is InChI=1S/C10H13N5O2S/c16-15(17)10-3-2-9(18-10)8-11-4-1-6-14-7-5-12-13-14/h2-3,5,7,11H,1,4,6,8H2. The van der Waals surface area contributed by atoms with E-state index in [4.69, 9.17) is 0 Å². The van der Waals surface area contributed by atoms with Crippen LogP contribution in [-0.4, -0.2) is 26.5 Å². The van der Waals surface area contributed by atoms with Crippen molar-refractivity contribution in [2.45, 2.75) is 19.5 Å². The normalized spacial score (nSPS) is 10.7. The van der Waals surface area contributed by atoms with Gasteiger partial charge in [-0.1, -0.05) is 16.6 Å². The zero-order valence-corrected chi connectivity index (χ0v) is 10.5. The van der Waals surface area contributed by atoms with E-state index in [1.807, 2.05) is 6.20 Å². The molecule has 0 bridgehead atoms. The Bertz CT molecular complexity index is 496. The second-order valence-corrected chi connectivity index (χ2v) is 4.84. The van der Waals surface area contributed by atoms with Crippen molar-refractivity contribution in [1.29, 1.82) is 0 Å². The Balaban J connectivity index is 1.64. The number of thiophene rings is 1. The molecule has 0 fully saturated rings. The minimum Gasteiger partial charge on any atom is -0.312 e. The molecule has 0 aliphatic rings. The second kappa shape index (κ2) is 6.22. The molecule has 2 rings (SSSR count). The maximum atomic E-state index is 10.5. The minimum atomic E-state index is -0.362. The largest absolute Gasteiger partial charge is 0.324 e. The van der Waals surface area contributed by atoms with Crippen LogP contribution in [0.4, 0.5) is 5.00 Å². The summed E-state index contributed by atoms with van der Waals surface area (Å²) in [7, 11) is 0. The van der Waals surface area contributed by atoms with Crippen LogP contribution >= 0.6 is 11.3 Å².